The largest absolute Gasteiger partial charge is 0.346 e. The predicted octanol–water partition coefficient (Wildman–Crippen LogP) is 1.70. The summed E-state index contributed by atoms with van der Waals surface area (Å²) in [5.74, 6) is 5.47. The zero-order valence-corrected chi connectivity index (χ0v) is 11.8. The van der Waals surface area contributed by atoms with Gasteiger partial charge in [0, 0.05) is 17.3 Å². The van der Waals surface area contributed by atoms with Gasteiger partial charge in [0.05, 0.1) is 6.54 Å². The summed E-state index contributed by atoms with van der Waals surface area (Å²) in [4.78, 5) is 16.2. The topological polar surface area (TPSA) is 68.0 Å². The minimum absolute atomic E-state index is 0.149. The van der Waals surface area contributed by atoms with Crippen molar-refractivity contribution < 1.29 is 4.79 Å². The lowest BCUT2D eigenvalue weighted by molar-refractivity contribution is 0.0896. The summed E-state index contributed by atoms with van der Waals surface area (Å²) >= 11 is 0. The second kappa shape index (κ2) is 6.91. The van der Waals surface area contributed by atoms with Crippen LogP contribution in [0.25, 0.3) is 0 Å². The van der Waals surface area contributed by atoms with Crippen LogP contribution in [0.15, 0.2) is 18.3 Å². The first-order chi connectivity index (χ1) is 9.04. The molecule has 0 saturated heterocycles. The van der Waals surface area contributed by atoms with Crippen LogP contribution in [0.5, 0.6) is 0 Å². The number of hydrogen-bond donors (Lipinski definition) is 2. The lowest BCUT2D eigenvalue weighted by Gasteiger charge is -2.27. The van der Waals surface area contributed by atoms with Crippen molar-refractivity contribution in [3.05, 3.63) is 29.6 Å². The fourth-order valence-corrected chi connectivity index (χ4v) is 1.52. The molecular weight excluding hydrogens is 238 g/mol. The molecule has 4 heteroatoms. The fourth-order valence-electron chi connectivity index (χ4n) is 1.52. The van der Waals surface area contributed by atoms with Gasteiger partial charge in [0.1, 0.15) is 5.69 Å². The van der Waals surface area contributed by atoms with Crippen molar-refractivity contribution in [2.75, 3.05) is 6.54 Å². The van der Waals surface area contributed by atoms with Crippen LogP contribution in [0, 0.1) is 11.8 Å². The zero-order chi connectivity index (χ0) is 14.3. The zero-order valence-electron chi connectivity index (χ0n) is 11.8. The summed E-state index contributed by atoms with van der Waals surface area (Å²) in [5, 5.41) is 3.01. The van der Waals surface area contributed by atoms with E-state index in [1.54, 1.807) is 18.3 Å². The fraction of sp³-hybridized carbons (Fsp3) is 0.467. The maximum atomic E-state index is 12.1. The molecule has 1 rings (SSSR count). The predicted molar refractivity (Wildman–Crippen MR) is 76.6 cm³/mol. The number of pyridine rings is 1. The van der Waals surface area contributed by atoms with E-state index in [1.165, 1.54) is 0 Å². The molecule has 0 aromatic carbocycles. The Morgan fingerprint density at radius 1 is 1.42 bits per heavy atom. The molecule has 0 fully saturated rings. The van der Waals surface area contributed by atoms with Gasteiger partial charge in [-0.2, -0.15) is 0 Å². The van der Waals surface area contributed by atoms with Gasteiger partial charge in [0.15, 0.2) is 0 Å². The highest BCUT2D eigenvalue weighted by atomic mass is 16.2. The van der Waals surface area contributed by atoms with E-state index in [4.69, 9.17) is 5.73 Å². The molecule has 0 spiro atoms. The quantitative estimate of drug-likeness (QED) is 0.809. The summed E-state index contributed by atoms with van der Waals surface area (Å²) in [6, 6.07) is 3.46. The number of nitrogens with zero attached hydrogens (tertiary/aromatic N) is 1. The average molecular weight is 259 g/mol. The summed E-state index contributed by atoms with van der Waals surface area (Å²) in [6.45, 7) is 6.46. The molecule has 0 bridgehead atoms. The average Bonchev–Trinajstić information content (AvgIpc) is 2.45. The molecule has 0 aliphatic rings. The number of nitrogens with one attached hydrogen (secondary N) is 1. The summed E-state index contributed by atoms with van der Waals surface area (Å²) < 4.78 is 0. The van der Waals surface area contributed by atoms with Crippen LogP contribution < -0.4 is 11.1 Å². The number of hydrogen-bond acceptors (Lipinski definition) is 3. The first kappa shape index (κ1) is 15.2. The van der Waals surface area contributed by atoms with E-state index in [0.717, 1.165) is 18.4 Å². The molecule has 19 heavy (non-hydrogen) atoms. The van der Waals surface area contributed by atoms with Gasteiger partial charge >= 0.3 is 0 Å². The van der Waals surface area contributed by atoms with Gasteiger partial charge in [0.2, 0.25) is 0 Å². The maximum absolute atomic E-state index is 12.1. The Bertz CT molecular complexity index is 478. The molecule has 1 heterocycles. The summed E-state index contributed by atoms with van der Waals surface area (Å²) in [5.41, 5.74) is 6.28. The van der Waals surface area contributed by atoms with Crippen molar-refractivity contribution in [3.63, 3.8) is 0 Å². The smallest absolute Gasteiger partial charge is 0.270 e. The molecule has 3 N–H and O–H groups in total. The molecular formula is C15H21N3O. The Morgan fingerprint density at radius 2 is 2.11 bits per heavy atom. The third-order valence-electron chi connectivity index (χ3n) is 3.31. The van der Waals surface area contributed by atoms with Gasteiger partial charge in [-0.15, -0.1) is 0 Å². The van der Waals surface area contributed by atoms with Crippen molar-refractivity contribution in [2.24, 2.45) is 5.73 Å². The Hall–Kier alpha value is -1.86. The van der Waals surface area contributed by atoms with E-state index in [2.05, 4.69) is 36.0 Å². The molecule has 0 saturated carbocycles. The van der Waals surface area contributed by atoms with E-state index < -0.39 is 0 Å². The van der Waals surface area contributed by atoms with Crippen LogP contribution in [0.2, 0.25) is 0 Å². The van der Waals surface area contributed by atoms with Gasteiger partial charge in [0.25, 0.3) is 5.91 Å². The van der Waals surface area contributed by atoms with Crippen LogP contribution >= 0.6 is 0 Å². The third-order valence-corrected chi connectivity index (χ3v) is 3.31. The molecule has 1 amide bonds. The molecule has 0 aliphatic heterocycles. The van der Waals surface area contributed by atoms with E-state index >= 15 is 0 Å². The van der Waals surface area contributed by atoms with E-state index in [9.17, 15) is 4.79 Å². The molecule has 0 unspecified atom stereocenters. The highest BCUT2D eigenvalue weighted by Gasteiger charge is 2.22. The lowest BCUT2D eigenvalue weighted by Crippen LogP contribution is -2.45. The van der Waals surface area contributed by atoms with Crippen LogP contribution in [0.3, 0.4) is 0 Å². The van der Waals surface area contributed by atoms with E-state index in [-0.39, 0.29) is 11.4 Å². The van der Waals surface area contributed by atoms with Gasteiger partial charge in [-0.05, 0) is 31.9 Å². The number of aromatic nitrogens is 1. The normalized spacial score (nSPS) is 10.5. The van der Waals surface area contributed by atoms with Crippen LogP contribution in [-0.2, 0) is 0 Å². The third kappa shape index (κ3) is 4.38. The van der Waals surface area contributed by atoms with Crippen LogP contribution in [0.1, 0.15) is 49.7 Å². The minimum atomic E-state index is -0.184. The molecule has 0 radical (unpaired) electrons. The second-order valence-corrected chi connectivity index (χ2v) is 4.66. The van der Waals surface area contributed by atoms with Gasteiger partial charge < -0.3 is 11.1 Å². The molecule has 1 aromatic heterocycles. The summed E-state index contributed by atoms with van der Waals surface area (Å²) in [6.07, 6.45) is 3.36. The highest BCUT2D eigenvalue weighted by molar-refractivity contribution is 5.92. The molecule has 102 valence electrons. The first-order valence-corrected chi connectivity index (χ1v) is 6.52. The van der Waals surface area contributed by atoms with Crippen LogP contribution in [0.4, 0.5) is 0 Å². The van der Waals surface area contributed by atoms with Gasteiger partial charge in [-0.3, -0.25) is 4.79 Å². The Morgan fingerprint density at radius 3 is 2.58 bits per heavy atom. The SMILES string of the molecule is CCC(C)(CC)NC(=O)c1ccc(C#CCN)cn1. The first-order valence-electron chi connectivity index (χ1n) is 6.52. The molecule has 0 atom stereocenters. The number of rotatable bonds is 4. The minimum Gasteiger partial charge on any atom is -0.346 e. The number of amides is 1. The Labute approximate surface area is 114 Å². The number of carbonyl (C=O) groups is 1. The number of carbonyl (C=O) groups excluding carboxylic acids is 1. The van der Waals surface area contributed by atoms with Crippen molar-refractivity contribution in [1.29, 1.82) is 0 Å². The molecule has 4 nitrogen and oxygen atoms in total. The summed E-state index contributed by atoms with van der Waals surface area (Å²) in [7, 11) is 0. The van der Waals surface area contributed by atoms with Crippen LogP contribution in [-0.4, -0.2) is 23.0 Å². The molecule has 0 aliphatic carbocycles. The lowest BCUT2D eigenvalue weighted by atomic mass is 9.95. The standard InChI is InChI=1S/C15H21N3O/c1-4-15(3,5-2)18-14(19)13-9-8-12(11-17-13)7-6-10-16/h8-9,11H,4-5,10,16H2,1-3H3,(H,18,19). The van der Waals surface area contributed by atoms with Gasteiger partial charge in [-0.25, -0.2) is 4.98 Å². The van der Waals surface area contributed by atoms with E-state index in [1.807, 2.05) is 6.92 Å². The molecule has 1 aromatic rings. The van der Waals surface area contributed by atoms with Gasteiger partial charge in [-0.1, -0.05) is 25.7 Å². The van der Waals surface area contributed by atoms with Crippen molar-refractivity contribution in [2.45, 2.75) is 39.2 Å². The van der Waals surface area contributed by atoms with E-state index in [0.29, 0.717) is 12.2 Å². The van der Waals surface area contributed by atoms with Crippen molar-refractivity contribution >= 4 is 5.91 Å². The second-order valence-electron chi connectivity index (χ2n) is 4.66. The maximum Gasteiger partial charge on any atom is 0.270 e. The monoisotopic (exact) mass is 259 g/mol. The Kier molecular flexibility index (Phi) is 5.53. The van der Waals surface area contributed by atoms with Crippen molar-refractivity contribution in [3.8, 4) is 11.8 Å². The highest BCUT2D eigenvalue weighted by Crippen LogP contribution is 2.14. The Balaban J connectivity index is 2.78. The number of nitrogens with two attached hydrogens (primary N) is 1. The van der Waals surface area contributed by atoms with Crippen molar-refractivity contribution in [1.82, 2.24) is 10.3 Å².